The molecular weight excluding hydrogens is 320 g/mol. The van der Waals surface area contributed by atoms with Gasteiger partial charge in [0.05, 0.1) is 12.7 Å². The molecule has 1 fully saturated rings. The molecule has 4 heterocycles. The summed E-state index contributed by atoms with van der Waals surface area (Å²) in [5.74, 6) is 1.08. The van der Waals surface area contributed by atoms with Crippen LogP contribution in [-0.2, 0) is 17.9 Å². The van der Waals surface area contributed by atoms with Gasteiger partial charge in [0, 0.05) is 63.3 Å². The van der Waals surface area contributed by atoms with Crippen LogP contribution in [0.3, 0.4) is 0 Å². The van der Waals surface area contributed by atoms with Gasteiger partial charge in [-0.1, -0.05) is 0 Å². The van der Waals surface area contributed by atoms with E-state index >= 15 is 0 Å². The molecule has 2 aromatic heterocycles. The lowest BCUT2D eigenvalue weighted by Gasteiger charge is -2.27. The van der Waals surface area contributed by atoms with Gasteiger partial charge >= 0.3 is 0 Å². The Morgan fingerprint density at radius 3 is 2.88 bits per heavy atom. The molecule has 8 nitrogen and oxygen atoms in total. The zero-order chi connectivity index (χ0) is 17.2. The van der Waals surface area contributed by atoms with E-state index in [1.807, 2.05) is 11.1 Å². The van der Waals surface area contributed by atoms with Gasteiger partial charge in [-0.15, -0.1) is 0 Å². The first-order chi connectivity index (χ1) is 12.2. The fraction of sp³-hybridized carbons (Fsp3) is 0.471. The van der Waals surface area contributed by atoms with Crippen LogP contribution in [0.2, 0.25) is 0 Å². The van der Waals surface area contributed by atoms with Crippen LogP contribution in [0.15, 0.2) is 31.0 Å². The Bertz CT molecular complexity index is 774. The summed E-state index contributed by atoms with van der Waals surface area (Å²) in [7, 11) is 0. The predicted octanol–water partition coefficient (Wildman–Crippen LogP) is 0.568. The van der Waals surface area contributed by atoms with Gasteiger partial charge < -0.3 is 14.4 Å². The van der Waals surface area contributed by atoms with Crippen LogP contribution >= 0.6 is 0 Å². The largest absolute Gasteiger partial charge is 0.342 e. The van der Waals surface area contributed by atoms with Crippen LogP contribution < -0.4 is 0 Å². The first-order valence-corrected chi connectivity index (χ1v) is 8.54. The quantitative estimate of drug-likeness (QED) is 0.815. The second-order valence-corrected chi connectivity index (χ2v) is 6.58. The molecule has 2 aliphatic rings. The molecule has 0 aromatic carbocycles. The summed E-state index contributed by atoms with van der Waals surface area (Å²) >= 11 is 0. The molecule has 2 amide bonds. The van der Waals surface area contributed by atoms with Gasteiger partial charge in [-0.05, 0) is 6.42 Å². The highest BCUT2D eigenvalue weighted by Gasteiger charge is 2.30. The van der Waals surface area contributed by atoms with E-state index in [1.54, 1.807) is 17.3 Å². The van der Waals surface area contributed by atoms with Crippen molar-refractivity contribution in [2.24, 2.45) is 5.92 Å². The molecule has 8 heteroatoms. The molecular formula is C17H20N6O2. The number of hydrogen-bond acceptors (Lipinski definition) is 5. The van der Waals surface area contributed by atoms with Crippen molar-refractivity contribution in [3.63, 3.8) is 0 Å². The van der Waals surface area contributed by atoms with Crippen molar-refractivity contribution in [3.8, 4) is 0 Å². The smallest absolute Gasteiger partial charge is 0.274 e. The Balaban J connectivity index is 1.57. The van der Waals surface area contributed by atoms with Gasteiger partial charge in [0.25, 0.3) is 5.91 Å². The minimum Gasteiger partial charge on any atom is -0.342 e. The van der Waals surface area contributed by atoms with Crippen molar-refractivity contribution >= 4 is 11.8 Å². The number of carbonyl (C=O) groups is 2. The summed E-state index contributed by atoms with van der Waals surface area (Å²) < 4.78 is 2.08. The van der Waals surface area contributed by atoms with E-state index in [0.29, 0.717) is 31.7 Å². The van der Waals surface area contributed by atoms with Crippen LogP contribution in [0, 0.1) is 5.92 Å². The van der Waals surface area contributed by atoms with Gasteiger partial charge in [0.2, 0.25) is 5.91 Å². The zero-order valence-electron chi connectivity index (χ0n) is 13.9. The Morgan fingerprint density at radius 1 is 1.20 bits per heavy atom. The van der Waals surface area contributed by atoms with Gasteiger partial charge in [-0.25, -0.2) is 9.97 Å². The van der Waals surface area contributed by atoms with Crippen molar-refractivity contribution in [2.75, 3.05) is 19.6 Å². The summed E-state index contributed by atoms with van der Waals surface area (Å²) in [6.45, 7) is 3.24. The van der Waals surface area contributed by atoms with E-state index in [4.69, 9.17) is 0 Å². The Labute approximate surface area is 145 Å². The SMILES string of the molecule is O=C1CCCN1CC1CN(C(=O)c2cnccn2)Cc2nccn2C1. The molecule has 0 N–H and O–H groups in total. The molecule has 1 unspecified atom stereocenters. The maximum absolute atomic E-state index is 12.8. The number of amides is 2. The molecule has 0 aliphatic carbocycles. The van der Waals surface area contributed by atoms with Gasteiger partial charge in [-0.3, -0.25) is 14.6 Å². The van der Waals surface area contributed by atoms with Crippen molar-refractivity contribution in [3.05, 3.63) is 42.5 Å². The fourth-order valence-electron chi connectivity index (χ4n) is 3.59. The molecule has 0 bridgehead atoms. The monoisotopic (exact) mass is 340 g/mol. The highest BCUT2D eigenvalue weighted by Crippen LogP contribution is 2.20. The summed E-state index contributed by atoms with van der Waals surface area (Å²) in [6, 6.07) is 0. The Kier molecular flexibility index (Phi) is 4.17. The van der Waals surface area contributed by atoms with Crippen LogP contribution in [-0.4, -0.2) is 60.8 Å². The molecule has 4 rings (SSSR count). The minimum atomic E-state index is -0.151. The van der Waals surface area contributed by atoms with E-state index in [-0.39, 0.29) is 17.7 Å². The second kappa shape index (κ2) is 6.62. The highest BCUT2D eigenvalue weighted by atomic mass is 16.2. The standard InChI is InChI=1S/C17H20N6O2/c24-16-2-1-6-22(16)10-13-9-21-7-5-20-15(21)12-23(11-13)17(25)14-8-18-3-4-19-14/h3-5,7-8,13H,1-2,6,9-12H2. The maximum atomic E-state index is 12.8. The molecule has 130 valence electrons. The third-order valence-corrected chi connectivity index (χ3v) is 4.79. The summed E-state index contributed by atoms with van der Waals surface area (Å²) in [5, 5.41) is 0. The van der Waals surface area contributed by atoms with E-state index in [2.05, 4.69) is 19.5 Å². The maximum Gasteiger partial charge on any atom is 0.274 e. The molecule has 2 aromatic rings. The van der Waals surface area contributed by atoms with E-state index in [9.17, 15) is 9.59 Å². The van der Waals surface area contributed by atoms with Gasteiger partial charge in [0.1, 0.15) is 11.5 Å². The number of imidazole rings is 1. The summed E-state index contributed by atoms with van der Waals surface area (Å²) in [4.78, 5) is 41.0. The van der Waals surface area contributed by atoms with Crippen LogP contribution in [0.25, 0.3) is 0 Å². The molecule has 2 aliphatic heterocycles. The van der Waals surface area contributed by atoms with Crippen molar-refractivity contribution in [1.29, 1.82) is 0 Å². The van der Waals surface area contributed by atoms with Crippen molar-refractivity contribution < 1.29 is 9.59 Å². The molecule has 25 heavy (non-hydrogen) atoms. The normalized spacial score (nSPS) is 20.5. The third kappa shape index (κ3) is 3.24. The topological polar surface area (TPSA) is 84.2 Å². The van der Waals surface area contributed by atoms with Crippen LogP contribution in [0.4, 0.5) is 0 Å². The molecule has 1 atom stereocenters. The van der Waals surface area contributed by atoms with Gasteiger partial charge in [0.15, 0.2) is 0 Å². The number of carbonyl (C=O) groups excluding carboxylic acids is 2. The number of likely N-dealkylation sites (tertiary alicyclic amines) is 1. The van der Waals surface area contributed by atoms with E-state index in [1.165, 1.54) is 12.4 Å². The zero-order valence-corrected chi connectivity index (χ0v) is 13.9. The Hall–Kier alpha value is -2.77. The molecule has 1 saturated heterocycles. The molecule has 0 radical (unpaired) electrons. The lowest BCUT2D eigenvalue weighted by Crippen LogP contribution is -2.39. The molecule has 0 saturated carbocycles. The highest BCUT2D eigenvalue weighted by molar-refractivity contribution is 5.91. The summed E-state index contributed by atoms with van der Waals surface area (Å²) in [5.41, 5.74) is 0.332. The average molecular weight is 340 g/mol. The predicted molar refractivity (Wildman–Crippen MR) is 88.3 cm³/mol. The number of aromatic nitrogens is 4. The number of rotatable bonds is 3. The molecule has 0 spiro atoms. The first kappa shape index (κ1) is 15.7. The minimum absolute atomic E-state index is 0.151. The van der Waals surface area contributed by atoms with Crippen LogP contribution in [0.1, 0.15) is 29.2 Å². The fourth-order valence-corrected chi connectivity index (χ4v) is 3.59. The first-order valence-electron chi connectivity index (χ1n) is 8.54. The lowest BCUT2D eigenvalue weighted by atomic mass is 10.1. The number of hydrogen-bond donors (Lipinski definition) is 0. The average Bonchev–Trinajstić information content (AvgIpc) is 3.19. The second-order valence-electron chi connectivity index (χ2n) is 6.58. The third-order valence-electron chi connectivity index (χ3n) is 4.79. The van der Waals surface area contributed by atoms with E-state index < -0.39 is 0 Å². The number of nitrogens with zero attached hydrogens (tertiary/aromatic N) is 6. The van der Waals surface area contributed by atoms with Crippen LogP contribution in [0.5, 0.6) is 0 Å². The van der Waals surface area contributed by atoms with Crippen molar-refractivity contribution in [2.45, 2.75) is 25.9 Å². The Morgan fingerprint density at radius 2 is 2.12 bits per heavy atom. The lowest BCUT2D eigenvalue weighted by molar-refractivity contribution is -0.128. The van der Waals surface area contributed by atoms with Gasteiger partial charge in [-0.2, -0.15) is 0 Å². The number of fused-ring (bicyclic) bond motifs is 1. The van der Waals surface area contributed by atoms with E-state index in [0.717, 1.165) is 25.3 Å². The summed E-state index contributed by atoms with van der Waals surface area (Å²) in [6.07, 6.45) is 9.79. The van der Waals surface area contributed by atoms with Crippen molar-refractivity contribution in [1.82, 2.24) is 29.3 Å².